The lowest BCUT2D eigenvalue weighted by Gasteiger charge is -2.40. The Morgan fingerprint density at radius 1 is 1.12 bits per heavy atom. The maximum absolute atomic E-state index is 5.56. The number of hydrogen-bond acceptors (Lipinski definition) is 4. The number of rotatable bonds is 4. The minimum Gasteiger partial charge on any atom is -0.493 e. The summed E-state index contributed by atoms with van der Waals surface area (Å²) in [6.07, 6.45) is 3.41. The van der Waals surface area contributed by atoms with Crippen molar-refractivity contribution >= 4 is 11.3 Å². The zero-order valence-corrected chi connectivity index (χ0v) is 16.4. The second-order valence-corrected chi connectivity index (χ2v) is 8.83. The lowest BCUT2D eigenvalue weighted by Crippen LogP contribution is -2.38. The molecule has 4 rings (SSSR count). The molecule has 0 fully saturated rings. The van der Waals surface area contributed by atoms with Crippen LogP contribution in [0, 0.1) is 5.92 Å². The van der Waals surface area contributed by atoms with E-state index in [1.54, 1.807) is 29.5 Å². The van der Waals surface area contributed by atoms with Crippen LogP contribution in [0.15, 0.2) is 18.2 Å². The van der Waals surface area contributed by atoms with Gasteiger partial charge >= 0.3 is 0 Å². The van der Waals surface area contributed by atoms with Crippen molar-refractivity contribution in [3.8, 4) is 11.5 Å². The van der Waals surface area contributed by atoms with Gasteiger partial charge in [0.1, 0.15) is 0 Å². The van der Waals surface area contributed by atoms with E-state index in [4.69, 9.17) is 9.47 Å². The zero-order valence-electron chi connectivity index (χ0n) is 15.6. The number of fused-ring (bicyclic) bond motifs is 4. The largest absolute Gasteiger partial charge is 0.493 e. The quantitative estimate of drug-likeness (QED) is 0.797. The molecular weight excluding hydrogens is 330 g/mol. The zero-order chi connectivity index (χ0) is 17.6. The van der Waals surface area contributed by atoms with Gasteiger partial charge in [-0.25, -0.2) is 0 Å². The summed E-state index contributed by atoms with van der Waals surface area (Å²) in [5, 5.41) is 0. The fraction of sp³-hybridized carbons (Fsp3) is 0.524. The fourth-order valence-corrected chi connectivity index (χ4v) is 5.67. The summed E-state index contributed by atoms with van der Waals surface area (Å²) in [7, 11) is 3.44. The molecule has 0 aliphatic carbocycles. The number of methoxy groups -OCH3 is 2. The molecule has 2 aliphatic heterocycles. The summed E-state index contributed by atoms with van der Waals surface area (Å²) >= 11 is 2.03. The van der Waals surface area contributed by atoms with Gasteiger partial charge in [-0.3, -0.25) is 4.90 Å². The van der Waals surface area contributed by atoms with E-state index in [1.165, 1.54) is 17.5 Å². The number of nitrogens with zero attached hydrogens (tertiary/aromatic N) is 1. The summed E-state index contributed by atoms with van der Waals surface area (Å²) in [6, 6.07) is 7.32. The van der Waals surface area contributed by atoms with Crippen LogP contribution in [-0.4, -0.2) is 25.7 Å². The van der Waals surface area contributed by atoms with Gasteiger partial charge in [-0.15, -0.1) is 11.3 Å². The molecule has 2 aromatic rings. The highest BCUT2D eigenvalue weighted by Gasteiger charge is 2.34. The summed E-state index contributed by atoms with van der Waals surface area (Å²) in [6.45, 7) is 6.82. The van der Waals surface area contributed by atoms with Crippen molar-refractivity contribution in [2.45, 2.75) is 45.7 Å². The van der Waals surface area contributed by atoms with Gasteiger partial charge in [-0.1, -0.05) is 13.8 Å². The van der Waals surface area contributed by atoms with Crippen LogP contribution in [0.25, 0.3) is 0 Å². The van der Waals surface area contributed by atoms with Crippen LogP contribution in [0.3, 0.4) is 0 Å². The third kappa shape index (κ3) is 3.06. The maximum Gasteiger partial charge on any atom is 0.161 e. The molecule has 2 aliphatic rings. The second kappa shape index (κ2) is 6.65. The van der Waals surface area contributed by atoms with Gasteiger partial charge in [0.05, 0.1) is 14.2 Å². The van der Waals surface area contributed by atoms with Crippen molar-refractivity contribution in [1.82, 2.24) is 4.90 Å². The first-order chi connectivity index (χ1) is 12.1. The predicted octanol–water partition coefficient (Wildman–Crippen LogP) is 4.62. The molecule has 0 spiro atoms. The van der Waals surface area contributed by atoms with Crippen LogP contribution in [0.1, 0.15) is 46.3 Å². The highest BCUT2D eigenvalue weighted by atomic mass is 32.1. The molecule has 0 bridgehead atoms. The standard InChI is InChI=1S/C21H27NO2S/c1-13(2)7-16-8-15-12-22-6-5-14-9-19(23-3)20(24-4)10-17(14)18(22)11-21(15)25-16/h8-10,13,18H,5-7,11-12H2,1-4H3. The number of benzene rings is 1. The van der Waals surface area contributed by atoms with Crippen molar-refractivity contribution in [2.75, 3.05) is 20.8 Å². The average Bonchev–Trinajstić information content (AvgIpc) is 2.98. The van der Waals surface area contributed by atoms with Crippen LogP contribution in [0.2, 0.25) is 0 Å². The molecule has 3 heterocycles. The van der Waals surface area contributed by atoms with Crippen molar-refractivity contribution in [3.05, 3.63) is 44.6 Å². The van der Waals surface area contributed by atoms with Gasteiger partial charge in [0.2, 0.25) is 0 Å². The molecule has 0 radical (unpaired) electrons. The summed E-state index contributed by atoms with van der Waals surface area (Å²) < 4.78 is 11.1. The minimum atomic E-state index is 0.474. The van der Waals surface area contributed by atoms with Gasteiger partial charge in [0.25, 0.3) is 0 Å². The molecule has 0 saturated carbocycles. The van der Waals surface area contributed by atoms with Gasteiger partial charge in [-0.2, -0.15) is 0 Å². The van der Waals surface area contributed by atoms with E-state index in [9.17, 15) is 0 Å². The summed E-state index contributed by atoms with van der Waals surface area (Å²) in [5.41, 5.74) is 4.40. The van der Waals surface area contributed by atoms with Crippen LogP contribution in [0.4, 0.5) is 0 Å². The molecule has 4 heteroatoms. The number of ether oxygens (including phenoxy) is 2. The van der Waals surface area contributed by atoms with E-state index < -0.39 is 0 Å². The normalized spacial score (nSPS) is 19.3. The van der Waals surface area contributed by atoms with E-state index in [0.29, 0.717) is 6.04 Å². The molecule has 3 nitrogen and oxygen atoms in total. The molecule has 1 aromatic carbocycles. The topological polar surface area (TPSA) is 21.7 Å². The van der Waals surface area contributed by atoms with Crippen molar-refractivity contribution < 1.29 is 9.47 Å². The van der Waals surface area contributed by atoms with Crippen molar-refractivity contribution in [3.63, 3.8) is 0 Å². The van der Waals surface area contributed by atoms with E-state index in [-0.39, 0.29) is 0 Å². The summed E-state index contributed by atoms with van der Waals surface area (Å²) in [5.74, 6) is 2.42. The van der Waals surface area contributed by atoms with Crippen LogP contribution >= 0.6 is 11.3 Å². The molecule has 25 heavy (non-hydrogen) atoms. The van der Waals surface area contributed by atoms with Gasteiger partial charge in [-0.05, 0) is 53.6 Å². The van der Waals surface area contributed by atoms with Crippen molar-refractivity contribution in [2.24, 2.45) is 5.92 Å². The Kier molecular flexibility index (Phi) is 4.50. The Morgan fingerprint density at radius 2 is 1.88 bits per heavy atom. The molecule has 0 amide bonds. The predicted molar refractivity (Wildman–Crippen MR) is 103 cm³/mol. The van der Waals surface area contributed by atoms with E-state index in [2.05, 4.69) is 36.9 Å². The molecule has 1 unspecified atom stereocenters. The molecule has 0 saturated heterocycles. The van der Waals surface area contributed by atoms with Crippen LogP contribution in [-0.2, 0) is 25.8 Å². The Balaban J connectivity index is 1.68. The van der Waals surface area contributed by atoms with Crippen molar-refractivity contribution in [1.29, 1.82) is 0 Å². The van der Waals surface area contributed by atoms with E-state index in [1.807, 2.05) is 11.3 Å². The third-order valence-corrected chi connectivity index (χ3v) is 6.64. The smallest absolute Gasteiger partial charge is 0.161 e. The maximum atomic E-state index is 5.56. The van der Waals surface area contributed by atoms with E-state index >= 15 is 0 Å². The highest BCUT2D eigenvalue weighted by molar-refractivity contribution is 7.12. The van der Waals surface area contributed by atoms with Crippen LogP contribution < -0.4 is 9.47 Å². The Bertz CT molecular complexity index is 780. The Labute approximate surface area is 154 Å². The van der Waals surface area contributed by atoms with Gasteiger partial charge in [0.15, 0.2) is 11.5 Å². The first-order valence-corrected chi connectivity index (χ1v) is 10.00. The third-order valence-electron chi connectivity index (χ3n) is 5.42. The van der Waals surface area contributed by atoms with E-state index in [0.717, 1.165) is 43.3 Å². The first kappa shape index (κ1) is 16.9. The first-order valence-electron chi connectivity index (χ1n) is 9.18. The minimum absolute atomic E-state index is 0.474. The van der Waals surface area contributed by atoms with Gasteiger partial charge in [0, 0.05) is 35.3 Å². The SMILES string of the molecule is COc1cc2c(cc1OC)C1Cc3sc(CC(C)C)cc3CN1CC2. The molecular formula is C21H27NO2S. The Hall–Kier alpha value is -1.52. The molecule has 1 aromatic heterocycles. The molecule has 1 atom stereocenters. The lowest BCUT2D eigenvalue weighted by molar-refractivity contribution is 0.162. The summed E-state index contributed by atoms with van der Waals surface area (Å²) in [4.78, 5) is 5.77. The average molecular weight is 358 g/mol. The number of hydrogen-bond donors (Lipinski definition) is 0. The Morgan fingerprint density at radius 3 is 2.60 bits per heavy atom. The second-order valence-electron chi connectivity index (χ2n) is 7.61. The van der Waals surface area contributed by atoms with Crippen LogP contribution in [0.5, 0.6) is 11.5 Å². The number of thiophene rings is 1. The monoisotopic (exact) mass is 357 g/mol. The fourth-order valence-electron chi connectivity index (χ4n) is 4.24. The highest BCUT2D eigenvalue weighted by Crippen LogP contribution is 2.44. The lowest BCUT2D eigenvalue weighted by atomic mass is 9.86. The molecule has 134 valence electrons. The van der Waals surface area contributed by atoms with Gasteiger partial charge < -0.3 is 9.47 Å². The molecule has 0 N–H and O–H groups in total.